The Balaban J connectivity index is 1.45. The molecule has 3 aromatic carbocycles. The second-order valence-electron chi connectivity index (χ2n) is 7.08. The van der Waals surface area contributed by atoms with Crippen molar-refractivity contribution in [1.82, 2.24) is 4.90 Å². The molecule has 1 saturated heterocycles. The maximum atomic E-state index is 13.0. The van der Waals surface area contributed by atoms with Crippen LogP contribution in [-0.4, -0.2) is 35.8 Å². The Kier molecular flexibility index (Phi) is 5.86. The number of hydrogen-bond donors (Lipinski definition) is 0. The molecule has 4 rings (SSSR count). The molecule has 152 valence electrons. The number of amides is 2. The third-order valence-corrected chi connectivity index (χ3v) is 5.61. The van der Waals surface area contributed by atoms with Gasteiger partial charge in [-0.15, -0.1) is 0 Å². The molecule has 0 radical (unpaired) electrons. The fourth-order valence-electron chi connectivity index (χ4n) is 3.51. The number of nitrogens with zero attached hydrogens (tertiary/aromatic N) is 2. The van der Waals surface area contributed by atoms with Gasteiger partial charge in [-0.05, 0) is 61.5 Å². The Hall–Kier alpha value is -3.12. The minimum atomic E-state index is -0.537. The smallest absolute Gasteiger partial charge is 0.254 e. The lowest BCUT2D eigenvalue weighted by Crippen LogP contribution is -2.57. The highest BCUT2D eigenvalue weighted by Crippen LogP contribution is 2.27. The lowest BCUT2D eigenvalue weighted by molar-refractivity contribution is -0.124. The summed E-state index contributed by atoms with van der Waals surface area (Å²) in [5, 5.41) is 0. The van der Waals surface area contributed by atoms with E-state index >= 15 is 0 Å². The minimum absolute atomic E-state index is 0.0960. The Labute approximate surface area is 184 Å². The van der Waals surface area contributed by atoms with Gasteiger partial charge in [-0.3, -0.25) is 9.59 Å². The molecule has 0 aliphatic carbocycles. The number of carbonyl (C=O) groups is 2. The van der Waals surface area contributed by atoms with Gasteiger partial charge >= 0.3 is 0 Å². The molecule has 1 aliphatic heterocycles. The van der Waals surface area contributed by atoms with Crippen LogP contribution in [0.1, 0.15) is 17.3 Å². The molecule has 0 saturated carbocycles. The van der Waals surface area contributed by atoms with Crippen molar-refractivity contribution in [3.05, 3.63) is 88.9 Å². The van der Waals surface area contributed by atoms with Gasteiger partial charge in [-0.2, -0.15) is 0 Å². The van der Waals surface area contributed by atoms with Crippen molar-refractivity contribution < 1.29 is 14.3 Å². The number of anilines is 1. The molecule has 0 N–H and O–H groups in total. The minimum Gasteiger partial charge on any atom is -0.457 e. The van der Waals surface area contributed by atoms with E-state index < -0.39 is 6.04 Å². The lowest BCUT2D eigenvalue weighted by Gasteiger charge is -2.39. The van der Waals surface area contributed by atoms with Gasteiger partial charge in [-0.25, -0.2) is 0 Å². The van der Waals surface area contributed by atoms with Crippen LogP contribution in [0, 0.1) is 0 Å². The average molecular weight is 465 g/mol. The van der Waals surface area contributed by atoms with Crippen molar-refractivity contribution in [2.45, 2.75) is 13.0 Å². The van der Waals surface area contributed by atoms with Crippen LogP contribution in [0.15, 0.2) is 83.3 Å². The van der Waals surface area contributed by atoms with Gasteiger partial charge in [0, 0.05) is 28.8 Å². The van der Waals surface area contributed by atoms with Crippen LogP contribution < -0.4 is 9.64 Å². The molecule has 0 bridgehead atoms. The third kappa shape index (κ3) is 4.24. The summed E-state index contributed by atoms with van der Waals surface area (Å²) in [7, 11) is 0. The number of rotatable bonds is 4. The van der Waals surface area contributed by atoms with Crippen LogP contribution in [0.3, 0.4) is 0 Å². The molecule has 3 aromatic rings. The van der Waals surface area contributed by atoms with Crippen molar-refractivity contribution >= 4 is 33.4 Å². The van der Waals surface area contributed by atoms with E-state index in [0.29, 0.717) is 24.4 Å². The van der Waals surface area contributed by atoms with Gasteiger partial charge in [0.05, 0.1) is 0 Å². The van der Waals surface area contributed by atoms with Gasteiger partial charge in [0.2, 0.25) is 5.91 Å². The average Bonchev–Trinajstić information content (AvgIpc) is 2.77. The molecule has 1 aliphatic rings. The molecule has 6 heteroatoms. The highest BCUT2D eigenvalue weighted by Gasteiger charge is 2.35. The Bertz CT molecular complexity index is 1050. The summed E-state index contributed by atoms with van der Waals surface area (Å²) in [6, 6.07) is 23.7. The topological polar surface area (TPSA) is 49.9 Å². The van der Waals surface area contributed by atoms with Crippen LogP contribution in [0.5, 0.6) is 11.5 Å². The van der Waals surface area contributed by atoms with Crippen molar-refractivity contribution in [1.29, 1.82) is 0 Å². The van der Waals surface area contributed by atoms with E-state index in [9.17, 15) is 9.59 Å². The summed E-state index contributed by atoms with van der Waals surface area (Å²) in [5.74, 6) is 1.23. The van der Waals surface area contributed by atoms with Crippen LogP contribution in [0.2, 0.25) is 0 Å². The fraction of sp³-hybridized carbons (Fsp3) is 0.167. The van der Waals surface area contributed by atoms with E-state index in [1.165, 1.54) is 0 Å². The molecule has 2 amide bonds. The first-order valence-corrected chi connectivity index (χ1v) is 10.5. The zero-order valence-corrected chi connectivity index (χ0v) is 18.1. The predicted octanol–water partition coefficient (Wildman–Crippen LogP) is 5.12. The second-order valence-corrected chi connectivity index (χ2v) is 8.00. The highest BCUT2D eigenvalue weighted by molar-refractivity contribution is 9.10. The summed E-state index contributed by atoms with van der Waals surface area (Å²) >= 11 is 3.39. The maximum absolute atomic E-state index is 13.0. The number of benzene rings is 3. The van der Waals surface area contributed by atoms with Crippen LogP contribution >= 0.6 is 15.9 Å². The molecule has 0 spiro atoms. The number of para-hydroxylation sites is 1. The molecule has 1 atom stereocenters. The van der Waals surface area contributed by atoms with E-state index in [0.717, 1.165) is 15.9 Å². The van der Waals surface area contributed by atoms with Gasteiger partial charge in [0.25, 0.3) is 5.91 Å². The Morgan fingerprint density at radius 3 is 2.33 bits per heavy atom. The molecule has 5 nitrogen and oxygen atoms in total. The molecule has 0 aromatic heterocycles. The van der Waals surface area contributed by atoms with Crippen molar-refractivity contribution in [3.63, 3.8) is 0 Å². The monoisotopic (exact) mass is 464 g/mol. The Morgan fingerprint density at radius 2 is 1.63 bits per heavy atom. The van der Waals surface area contributed by atoms with E-state index in [2.05, 4.69) is 15.9 Å². The number of piperazine rings is 1. The first-order valence-electron chi connectivity index (χ1n) is 9.74. The molecular formula is C24H21BrN2O3. The van der Waals surface area contributed by atoms with Crippen LogP contribution in [0.4, 0.5) is 5.69 Å². The standard InChI is InChI=1S/C24H21BrN2O3/c1-17-23(28)27(15-14-26(17)24(29)18-6-5-7-19(25)16-18)20-10-12-22(13-11-20)30-21-8-3-2-4-9-21/h2-13,16-17H,14-15H2,1H3/t17-/m0/s1. The zero-order valence-electron chi connectivity index (χ0n) is 16.5. The van der Waals surface area contributed by atoms with Crippen molar-refractivity contribution in [3.8, 4) is 11.5 Å². The predicted molar refractivity (Wildman–Crippen MR) is 120 cm³/mol. The van der Waals surface area contributed by atoms with E-state index in [4.69, 9.17) is 4.74 Å². The highest BCUT2D eigenvalue weighted by atomic mass is 79.9. The van der Waals surface area contributed by atoms with E-state index in [1.807, 2.05) is 66.7 Å². The van der Waals surface area contributed by atoms with Gasteiger partial charge in [-0.1, -0.05) is 40.2 Å². The SMILES string of the molecule is C[C@H]1C(=O)N(c2ccc(Oc3ccccc3)cc2)CCN1C(=O)c1cccc(Br)c1. The molecular weight excluding hydrogens is 444 g/mol. The van der Waals surface area contributed by atoms with Crippen LogP contribution in [-0.2, 0) is 4.79 Å². The van der Waals surface area contributed by atoms with Gasteiger partial charge in [0.1, 0.15) is 17.5 Å². The van der Waals surface area contributed by atoms with Crippen molar-refractivity contribution in [2.24, 2.45) is 0 Å². The number of carbonyl (C=O) groups excluding carboxylic acids is 2. The van der Waals surface area contributed by atoms with Crippen LogP contribution in [0.25, 0.3) is 0 Å². The van der Waals surface area contributed by atoms with Crippen molar-refractivity contribution in [2.75, 3.05) is 18.0 Å². The van der Waals surface area contributed by atoms with E-state index in [1.54, 1.807) is 28.9 Å². The summed E-state index contributed by atoms with van der Waals surface area (Å²) < 4.78 is 6.65. The van der Waals surface area contributed by atoms with Gasteiger partial charge in [0.15, 0.2) is 0 Å². The summed E-state index contributed by atoms with van der Waals surface area (Å²) in [4.78, 5) is 29.2. The number of halogens is 1. The van der Waals surface area contributed by atoms with Gasteiger partial charge < -0.3 is 14.5 Å². The number of hydrogen-bond acceptors (Lipinski definition) is 3. The largest absolute Gasteiger partial charge is 0.457 e. The molecule has 1 heterocycles. The third-order valence-electron chi connectivity index (χ3n) is 5.12. The first kappa shape index (κ1) is 20.2. The zero-order chi connectivity index (χ0) is 21.1. The molecule has 30 heavy (non-hydrogen) atoms. The Morgan fingerprint density at radius 1 is 0.933 bits per heavy atom. The first-order chi connectivity index (χ1) is 14.5. The summed E-state index contributed by atoms with van der Waals surface area (Å²) in [5.41, 5.74) is 1.36. The fourth-order valence-corrected chi connectivity index (χ4v) is 3.91. The summed E-state index contributed by atoms with van der Waals surface area (Å²) in [6.07, 6.45) is 0. The van der Waals surface area contributed by atoms with E-state index in [-0.39, 0.29) is 11.8 Å². The molecule has 0 unspecified atom stereocenters. The normalized spacial score (nSPS) is 16.5. The quantitative estimate of drug-likeness (QED) is 0.538. The lowest BCUT2D eigenvalue weighted by atomic mass is 10.1. The molecule has 1 fully saturated rings. The number of ether oxygens (including phenoxy) is 1. The maximum Gasteiger partial charge on any atom is 0.254 e. The second kappa shape index (κ2) is 8.71. The summed E-state index contributed by atoms with van der Waals surface area (Å²) in [6.45, 7) is 2.69.